The van der Waals surface area contributed by atoms with Crippen LogP contribution < -0.4 is 10.1 Å². The van der Waals surface area contributed by atoms with Gasteiger partial charge in [-0.15, -0.1) is 0 Å². The number of hydrogen-bond acceptors (Lipinski definition) is 3. The lowest BCUT2D eigenvalue weighted by Crippen LogP contribution is -2.29. The number of aryl methyl sites for hydroxylation is 1. The van der Waals surface area contributed by atoms with Gasteiger partial charge in [0.2, 0.25) is 0 Å². The first-order valence-corrected chi connectivity index (χ1v) is 5.54. The summed E-state index contributed by atoms with van der Waals surface area (Å²) in [6.45, 7) is 2.14. The van der Waals surface area contributed by atoms with E-state index >= 15 is 0 Å². The van der Waals surface area contributed by atoms with E-state index in [9.17, 15) is 4.79 Å². The van der Waals surface area contributed by atoms with E-state index < -0.39 is 0 Å². The molecule has 0 aliphatic rings. The van der Waals surface area contributed by atoms with Crippen molar-refractivity contribution < 1.29 is 9.53 Å². The Morgan fingerprint density at radius 3 is 3.06 bits per heavy atom. The Kier molecular flexibility index (Phi) is 5.31. The van der Waals surface area contributed by atoms with Gasteiger partial charge in [0.1, 0.15) is 5.75 Å². The third kappa shape index (κ3) is 4.75. The van der Waals surface area contributed by atoms with Crippen molar-refractivity contribution in [3.05, 3.63) is 28.8 Å². The number of nitrogens with one attached hydrogen (secondary N) is 1. The number of carbonyl (C=O) groups excluding carboxylic acids is 1. The summed E-state index contributed by atoms with van der Waals surface area (Å²) in [5.41, 5.74) is 1.01. The van der Waals surface area contributed by atoms with Crippen LogP contribution in [0.1, 0.15) is 12.0 Å². The number of halogens is 1. The predicted molar refractivity (Wildman–Crippen MR) is 64.9 cm³/mol. The van der Waals surface area contributed by atoms with Gasteiger partial charge in [-0.1, -0.05) is 17.7 Å². The fourth-order valence-electron chi connectivity index (χ4n) is 1.17. The quantitative estimate of drug-likeness (QED) is 0.816. The van der Waals surface area contributed by atoms with Crippen LogP contribution in [0.5, 0.6) is 5.75 Å². The van der Waals surface area contributed by atoms with Gasteiger partial charge in [0.15, 0.2) is 6.61 Å². The van der Waals surface area contributed by atoms with Crippen molar-refractivity contribution in [2.45, 2.75) is 13.3 Å². The molecule has 1 amide bonds. The van der Waals surface area contributed by atoms with Crippen molar-refractivity contribution in [2.24, 2.45) is 0 Å². The fraction of sp³-hybridized carbons (Fsp3) is 0.333. The molecule has 0 spiro atoms. The molecule has 0 aromatic heterocycles. The molecule has 1 N–H and O–H groups in total. The molecule has 0 aliphatic carbocycles. The van der Waals surface area contributed by atoms with Gasteiger partial charge < -0.3 is 10.1 Å². The van der Waals surface area contributed by atoms with Crippen LogP contribution in [0.25, 0.3) is 0 Å². The molecule has 0 unspecified atom stereocenters. The minimum absolute atomic E-state index is 0.103. The van der Waals surface area contributed by atoms with E-state index in [1.807, 2.05) is 19.1 Å². The molecule has 4 nitrogen and oxygen atoms in total. The number of nitriles is 1. The first kappa shape index (κ1) is 13.3. The molecule has 0 fully saturated rings. The zero-order valence-corrected chi connectivity index (χ0v) is 10.3. The maximum absolute atomic E-state index is 11.3. The smallest absolute Gasteiger partial charge is 0.257 e. The number of hydrogen-bond donors (Lipinski definition) is 1. The Labute approximate surface area is 105 Å². The largest absolute Gasteiger partial charge is 0.482 e. The van der Waals surface area contributed by atoms with E-state index in [4.69, 9.17) is 21.6 Å². The molecule has 17 heavy (non-hydrogen) atoms. The minimum atomic E-state index is -0.266. The summed E-state index contributed by atoms with van der Waals surface area (Å²) in [6, 6.07) is 7.29. The van der Waals surface area contributed by atoms with Crippen LogP contribution in [0.2, 0.25) is 5.02 Å². The molecule has 90 valence electrons. The highest BCUT2D eigenvalue weighted by molar-refractivity contribution is 6.32. The number of nitrogens with zero attached hydrogens (tertiary/aromatic N) is 1. The van der Waals surface area contributed by atoms with E-state index in [0.29, 0.717) is 17.3 Å². The van der Waals surface area contributed by atoms with Crippen LogP contribution in [0.4, 0.5) is 0 Å². The number of benzene rings is 1. The predicted octanol–water partition coefficient (Wildman–Crippen LogP) is 2.06. The maximum Gasteiger partial charge on any atom is 0.257 e. The first-order valence-electron chi connectivity index (χ1n) is 5.16. The molecule has 0 saturated heterocycles. The SMILES string of the molecule is Cc1ccc(Cl)c(OCC(=O)NCCC#N)c1. The molecule has 1 aromatic rings. The van der Waals surface area contributed by atoms with Crippen LogP contribution in [0, 0.1) is 18.3 Å². The third-order valence-electron chi connectivity index (χ3n) is 2.00. The normalized spacial score (nSPS) is 9.47. The van der Waals surface area contributed by atoms with E-state index in [1.165, 1.54) is 0 Å². The Morgan fingerprint density at radius 1 is 1.59 bits per heavy atom. The summed E-state index contributed by atoms with van der Waals surface area (Å²) < 4.78 is 5.28. The summed E-state index contributed by atoms with van der Waals surface area (Å²) in [5.74, 6) is 0.222. The van der Waals surface area contributed by atoms with Crippen LogP contribution >= 0.6 is 11.6 Å². The molecule has 0 heterocycles. The van der Waals surface area contributed by atoms with E-state index in [1.54, 1.807) is 12.1 Å². The highest BCUT2D eigenvalue weighted by Gasteiger charge is 2.05. The number of carbonyl (C=O) groups is 1. The Morgan fingerprint density at radius 2 is 2.35 bits per heavy atom. The van der Waals surface area contributed by atoms with Gasteiger partial charge in [-0.05, 0) is 24.6 Å². The molecule has 0 bridgehead atoms. The summed E-state index contributed by atoms with van der Waals surface area (Å²) >= 11 is 5.91. The van der Waals surface area contributed by atoms with Crippen molar-refractivity contribution >= 4 is 17.5 Å². The standard InChI is InChI=1S/C12H13ClN2O2/c1-9-3-4-10(13)11(7-9)17-8-12(16)15-6-2-5-14/h3-4,7H,2,6,8H2,1H3,(H,15,16). The van der Waals surface area contributed by atoms with Crippen molar-refractivity contribution in [2.75, 3.05) is 13.2 Å². The van der Waals surface area contributed by atoms with Gasteiger partial charge in [-0.25, -0.2) is 0 Å². The molecule has 0 saturated carbocycles. The Bertz CT molecular complexity index is 441. The highest BCUT2D eigenvalue weighted by Crippen LogP contribution is 2.24. The molecule has 0 atom stereocenters. The molecule has 5 heteroatoms. The van der Waals surface area contributed by atoms with E-state index in [0.717, 1.165) is 5.56 Å². The first-order chi connectivity index (χ1) is 8.13. The van der Waals surface area contributed by atoms with Gasteiger partial charge in [-0.2, -0.15) is 5.26 Å². The molecule has 0 radical (unpaired) electrons. The van der Waals surface area contributed by atoms with Crippen molar-refractivity contribution in [3.63, 3.8) is 0 Å². The van der Waals surface area contributed by atoms with Gasteiger partial charge in [0, 0.05) is 6.54 Å². The van der Waals surface area contributed by atoms with Gasteiger partial charge in [0.25, 0.3) is 5.91 Å². The fourth-order valence-corrected chi connectivity index (χ4v) is 1.35. The molecular weight excluding hydrogens is 240 g/mol. The van der Waals surface area contributed by atoms with Gasteiger partial charge >= 0.3 is 0 Å². The highest BCUT2D eigenvalue weighted by atomic mass is 35.5. The second-order valence-electron chi connectivity index (χ2n) is 3.48. The van der Waals surface area contributed by atoms with Crippen LogP contribution in [0.3, 0.4) is 0 Å². The average Bonchev–Trinajstić information content (AvgIpc) is 2.31. The van der Waals surface area contributed by atoms with Crippen LogP contribution in [-0.4, -0.2) is 19.1 Å². The summed E-state index contributed by atoms with van der Waals surface area (Å²) in [7, 11) is 0. The number of ether oxygens (including phenoxy) is 1. The van der Waals surface area contributed by atoms with Crippen molar-refractivity contribution in [1.82, 2.24) is 5.32 Å². The number of rotatable bonds is 5. The van der Waals surface area contributed by atoms with Gasteiger partial charge in [-0.3, -0.25) is 4.79 Å². The second kappa shape index (κ2) is 6.77. The van der Waals surface area contributed by atoms with E-state index in [-0.39, 0.29) is 18.9 Å². The zero-order chi connectivity index (χ0) is 12.7. The van der Waals surface area contributed by atoms with Gasteiger partial charge in [0.05, 0.1) is 17.5 Å². The summed E-state index contributed by atoms with van der Waals surface area (Å²) in [5, 5.41) is 11.3. The lowest BCUT2D eigenvalue weighted by Gasteiger charge is -2.08. The molecular formula is C12H13ClN2O2. The Hall–Kier alpha value is -1.73. The molecule has 1 rings (SSSR count). The van der Waals surface area contributed by atoms with E-state index in [2.05, 4.69) is 5.32 Å². The molecule has 1 aromatic carbocycles. The maximum atomic E-state index is 11.3. The Balaban J connectivity index is 2.42. The zero-order valence-electron chi connectivity index (χ0n) is 9.50. The van der Waals surface area contributed by atoms with Crippen LogP contribution in [0.15, 0.2) is 18.2 Å². The summed E-state index contributed by atoms with van der Waals surface area (Å²) in [4.78, 5) is 11.3. The van der Waals surface area contributed by atoms with Crippen molar-refractivity contribution in [1.29, 1.82) is 5.26 Å². The third-order valence-corrected chi connectivity index (χ3v) is 2.32. The average molecular weight is 253 g/mol. The lowest BCUT2D eigenvalue weighted by molar-refractivity contribution is -0.123. The molecule has 0 aliphatic heterocycles. The van der Waals surface area contributed by atoms with Crippen molar-refractivity contribution in [3.8, 4) is 11.8 Å². The lowest BCUT2D eigenvalue weighted by atomic mass is 10.2. The summed E-state index contributed by atoms with van der Waals surface area (Å²) in [6.07, 6.45) is 0.289. The number of amides is 1. The topological polar surface area (TPSA) is 62.1 Å². The minimum Gasteiger partial charge on any atom is -0.482 e. The monoisotopic (exact) mass is 252 g/mol. The van der Waals surface area contributed by atoms with Crippen LogP contribution in [-0.2, 0) is 4.79 Å². The second-order valence-corrected chi connectivity index (χ2v) is 3.89.